The predicted octanol–water partition coefficient (Wildman–Crippen LogP) is 1.79. The highest BCUT2D eigenvalue weighted by Crippen LogP contribution is 2.10. The Morgan fingerprint density at radius 2 is 2.09 bits per heavy atom. The third-order valence-electron chi connectivity index (χ3n) is 2.44. The molecule has 0 aliphatic carbocycles. The summed E-state index contributed by atoms with van der Waals surface area (Å²) in [5, 5.41) is 8.83. The van der Waals surface area contributed by atoms with Crippen molar-refractivity contribution in [2.75, 3.05) is 19.7 Å². The molecule has 0 unspecified atom stereocenters. The summed E-state index contributed by atoms with van der Waals surface area (Å²) in [6, 6.07) is 8.88. The lowest BCUT2D eigenvalue weighted by molar-refractivity contribution is -0.143. The molecule has 1 aromatic carbocycles. The number of ether oxygens (including phenoxy) is 2. The maximum absolute atomic E-state index is 11.7. The molecule has 114 valence electrons. The number of rotatable bonds is 5. The first kappa shape index (κ1) is 17.1. The Morgan fingerprint density at radius 3 is 2.68 bits per heavy atom. The quantitative estimate of drug-likeness (QED) is 0.272. The van der Waals surface area contributed by atoms with E-state index in [2.05, 4.69) is 16.8 Å². The van der Waals surface area contributed by atoms with Crippen molar-refractivity contribution < 1.29 is 14.3 Å². The van der Waals surface area contributed by atoms with Gasteiger partial charge in [-0.15, -0.1) is 10.9 Å². The molecule has 0 heterocycles. The number of carbonyl (C=O) groups excluding carboxylic acids is 1. The van der Waals surface area contributed by atoms with Crippen molar-refractivity contribution in [2.24, 2.45) is 4.99 Å². The van der Waals surface area contributed by atoms with Gasteiger partial charge in [0.15, 0.2) is 0 Å². The van der Waals surface area contributed by atoms with Gasteiger partial charge in [0.05, 0.1) is 13.2 Å². The molecule has 6 heteroatoms. The summed E-state index contributed by atoms with van der Waals surface area (Å²) in [7, 11) is 0. The van der Waals surface area contributed by atoms with Gasteiger partial charge in [-0.1, -0.05) is 24.1 Å². The van der Waals surface area contributed by atoms with E-state index in [1.54, 1.807) is 44.3 Å². The van der Waals surface area contributed by atoms with Crippen LogP contribution in [0.2, 0.25) is 0 Å². The Kier molecular flexibility index (Phi) is 7.63. The van der Waals surface area contributed by atoms with Crippen molar-refractivity contribution >= 4 is 12.0 Å². The Morgan fingerprint density at radius 1 is 1.36 bits per heavy atom. The van der Waals surface area contributed by atoms with Crippen LogP contribution in [-0.2, 0) is 9.53 Å². The second-order valence-electron chi connectivity index (χ2n) is 4.00. The number of nitrogens with zero attached hydrogens (tertiary/aromatic N) is 3. The van der Waals surface area contributed by atoms with Crippen LogP contribution in [0, 0.1) is 23.3 Å². The Labute approximate surface area is 130 Å². The molecule has 6 nitrogen and oxygen atoms in total. The SMILES string of the molecule is CC#CCN(CC(=O)OCC)/C(=N/C#N)Oc1ccccc1. The van der Waals surface area contributed by atoms with Crippen molar-refractivity contribution in [3.8, 4) is 23.8 Å². The van der Waals surface area contributed by atoms with E-state index in [0.717, 1.165) is 0 Å². The van der Waals surface area contributed by atoms with Crippen LogP contribution in [0.1, 0.15) is 13.8 Å². The number of benzene rings is 1. The fraction of sp³-hybridized carbons (Fsp3) is 0.312. The maximum atomic E-state index is 11.7. The summed E-state index contributed by atoms with van der Waals surface area (Å²) in [6.45, 7) is 3.77. The third-order valence-corrected chi connectivity index (χ3v) is 2.44. The second kappa shape index (κ2) is 9.84. The van der Waals surface area contributed by atoms with E-state index >= 15 is 0 Å². The van der Waals surface area contributed by atoms with Gasteiger partial charge in [0.2, 0.25) is 6.19 Å². The summed E-state index contributed by atoms with van der Waals surface area (Å²) in [4.78, 5) is 16.8. The zero-order valence-corrected chi connectivity index (χ0v) is 12.6. The average molecular weight is 299 g/mol. The number of nitriles is 1. The number of aliphatic imine (C=N–C) groups is 1. The zero-order valence-electron chi connectivity index (χ0n) is 12.6. The van der Waals surface area contributed by atoms with Gasteiger partial charge >= 0.3 is 12.0 Å². The molecular weight excluding hydrogens is 282 g/mol. The van der Waals surface area contributed by atoms with Crippen LogP contribution in [-0.4, -0.2) is 36.6 Å². The number of hydrogen-bond acceptors (Lipinski definition) is 5. The van der Waals surface area contributed by atoms with Gasteiger partial charge in [-0.25, -0.2) is 0 Å². The van der Waals surface area contributed by atoms with E-state index in [-0.39, 0.29) is 25.7 Å². The van der Waals surface area contributed by atoms with E-state index in [0.29, 0.717) is 5.75 Å². The molecule has 1 aromatic rings. The molecule has 0 bridgehead atoms. The minimum absolute atomic E-state index is 0.00417. The lowest BCUT2D eigenvalue weighted by atomic mass is 10.3. The van der Waals surface area contributed by atoms with Crippen LogP contribution in [0.4, 0.5) is 0 Å². The van der Waals surface area contributed by atoms with Crippen LogP contribution >= 0.6 is 0 Å². The van der Waals surface area contributed by atoms with Gasteiger partial charge < -0.3 is 14.4 Å². The number of para-hydroxylation sites is 1. The van der Waals surface area contributed by atoms with Gasteiger partial charge in [-0.2, -0.15) is 5.26 Å². The third kappa shape index (κ3) is 5.98. The molecule has 0 saturated carbocycles. The molecule has 22 heavy (non-hydrogen) atoms. The van der Waals surface area contributed by atoms with Crippen LogP contribution in [0.25, 0.3) is 0 Å². The monoisotopic (exact) mass is 299 g/mol. The summed E-state index contributed by atoms with van der Waals surface area (Å²) in [5.74, 6) is 5.61. The summed E-state index contributed by atoms with van der Waals surface area (Å²) < 4.78 is 10.5. The van der Waals surface area contributed by atoms with E-state index in [4.69, 9.17) is 14.7 Å². The smallest absolute Gasteiger partial charge is 0.325 e. The van der Waals surface area contributed by atoms with Crippen LogP contribution in [0.15, 0.2) is 35.3 Å². The lowest BCUT2D eigenvalue weighted by Gasteiger charge is -2.21. The summed E-state index contributed by atoms with van der Waals surface area (Å²) >= 11 is 0. The van der Waals surface area contributed by atoms with Crippen molar-refractivity contribution in [3.63, 3.8) is 0 Å². The minimum Gasteiger partial charge on any atom is -0.465 e. The average Bonchev–Trinajstić information content (AvgIpc) is 2.52. The van der Waals surface area contributed by atoms with Crippen molar-refractivity contribution in [2.45, 2.75) is 13.8 Å². The number of hydrogen-bond donors (Lipinski definition) is 0. The molecule has 0 saturated heterocycles. The number of amidine groups is 1. The first-order valence-corrected chi connectivity index (χ1v) is 6.71. The van der Waals surface area contributed by atoms with Crippen LogP contribution < -0.4 is 4.74 Å². The Bertz CT molecular complexity index is 609. The molecule has 0 fully saturated rings. The molecule has 0 radical (unpaired) electrons. The summed E-state index contributed by atoms with van der Waals surface area (Å²) in [5.41, 5.74) is 0. The largest absolute Gasteiger partial charge is 0.465 e. The standard InChI is InChI=1S/C16H17N3O3/c1-3-5-11-19(12-15(20)21-4-2)16(18-13-17)22-14-9-7-6-8-10-14/h6-10H,4,11-12H2,1-2H3/b18-16-. The van der Waals surface area contributed by atoms with E-state index in [1.165, 1.54) is 4.90 Å². The lowest BCUT2D eigenvalue weighted by Crippen LogP contribution is -2.39. The van der Waals surface area contributed by atoms with E-state index in [9.17, 15) is 4.79 Å². The molecule has 0 aromatic heterocycles. The highest BCUT2D eigenvalue weighted by molar-refractivity contribution is 5.83. The van der Waals surface area contributed by atoms with Crippen molar-refractivity contribution in [3.05, 3.63) is 30.3 Å². The number of esters is 1. The highest BCUT2D eigenvalue weighted by atomic mass is 16.5. The highest BCUT2D eigenvalue weighted by Gasteiger charge is 2.18. The first-order valence-electron chi connectivity index (χ1n) is 6.71. The second-order valence-corrected chi connectivity index (χ2v) is 4.00. The van der Waals surface area contributed by atoms with Gasteiger partial charge in [0, 0.05) is 0 Å². The molecule has 0 aliphatic heterocycles. The Hall–Kier alpha value is -2.99. The molecular formula is C16H17N3O3. The fourth-order valence-electron chi connectivity index (χ4n) is 1.52. The molecule has 0 aliphatic rings. The maximum Gasteiger partial charge on any atom is 0.325 e. The van der Waals surface area contributed by atoms with Gasteiger partial charge in [0.25, 0.3) is 0 Å². The summed E-state index contributed by atoms with van der Waals surface area (Å²) in [6.07, 6.45) is 1.67. The Balaban J connectivity index is 2.93. The van der Waals surface area contributed by atoms with Crippen LogP contribution in [0.5, 0.6) is 5.75 Å². The molecule has 0 atom stereocenters. The molecule has 1 rings (SSSR count). The number of carbonyl (C=O) groups is 1. The normalized spacial score (nSPS) is 9.95. The van der Waals surface area contributed by atoms with Crippen LogP contribution in [0.3, 0.4) is 0 Å². The molecule has 0 N–H and O–H groups in total. The van der Waals surface area contributed by atoms with Gasteiger partial charge in [-0.05, 0) is 26.0 Å². The van der Waals surface area contributed by atoms with E-state index in [1.807, 2.05) is 6.07 Å². The predicted molar refractivity (Wildman–Crippen MR) is 81.8 cm³/mol. The van der Waals surface area contributed by atoms with Crippen molar-refractivity contribution in [1.82, 2.24) is 4.90 Å². The van der Waals surface area contributed by atoms with Crippen molar-refractivity contribution in [1.29, 1.82) is 5.26 Å². The molecule has 0 amide bonds. The fourth-order valence-corrected chi connectivity index (χ4v) is 1.52. The topological polar surface area (TPSA) is 74.9 Å². The van der Waals surface area contributed by atoms with Gasteiger partial charge in [0.1, 0.15) is 12.3 Å². The first-order chi connectivity index (χ1) is 10.7. The van der Waals surface area contributed by atoms with E-state index < -0.39 is 5.97 Å². The minimum atomic E-state index is -0.442. The molecule has 0 spiro atoms. The zero-order chi connectivity index (χ0) is 16.2. The van der Waals surface area contributed by atoms with Gasteiger partial charge in [-0.3, -0.25) is 4.79 Å².